The van der Waals surface area contributed by atoms with Crippen LogP contribution in [0.25, 0.3) is 0 Å². The fourth-order valence-electron chi connectivity index (χ4n) is 2.43. The fourth-order valence-corrected chi connectivity index (χ4v) is 2.56. The number of amides is 1. The van der Waals surface area contributed by atoms with Crippen LogP contribution >= 0.6 is 11.6 Å². The van der Waals surface area contributed by atoms with Crippen molar-refractivity contribution in [2.45, 2.75) is 19.4 Å². The van der Waals surface area contributed by atoms with Gasteiger partial charge in [0.2, 0.25) is 11.9 Å². The molecule has 1 aliphatic rings. The topological polar surface area (TPSA) is 72.1 Å². The highest BCUT2D eigenvalue weighted by Crippen LogP contribution is 2.18. The summed E-state index contributed by atoms with van der Waals surface area (Å²) in [5.74, 6) is 0.384. The Hall–Kier alpha value is -2.14. The van der Waals surface area contributed by atoms with Crippen LogP contribution in [0.4, 0.5) is 5.95 Å². The van der Waals surface area contributed by atoms with Gasteiger partial charge in [0, 0.05) is 36.3 Å². The first-order valence-corrected chi connectivity index (χ1v) is 7.12. The number of nitrogens with zero attached hydrogens (tertiary/aromatic N) is 3. The number of carbonyl (C=O) groups is 1. The normalized spacial score (nSPS) is 13.9. The molecule has 0 unspecified atom stereocenters. The highest BCUT2D eigenvalue weighted by molar-refractivity contribution is 6.30. The van der Waals surface area contributed by atoms with Crippen LogP contribution in [-0.2, 0) is 24.2 Å². The smallest absolute Gasteiger partial charge is 0.227 e. The molecule has 0 atom stereocenters. The number of benzene rings is 1. The van der Waals surface area contributed by atoms with E-state index in [4.69, 9.17) is 17.3 Å². The molecule has 6 heteroatoms. The molecule has 2 aromatic rings. The van der Waals surface area contributed by atoms with Crippen molar-refractivity contribution < 1.29 is 4.79 Å². The van der Waals surface area contributed by atoms with E-state index in [0.29, 0.717) is 31.0 Å². The SMILES string of the molecule is Nc1ncc2c(n1)CCN(C(=O)Cc1ccc(Cl)cc1)C2. The second kappa shape index (κ2) is 5.69. The Morgan fingerprint density at radius 3 is 2.86 bits per heavy atom. The van der Waals surface area contributed by atoms with Gasteiger partial charge in [-0.15, -0.1) is 0 Å². The average molecular weight is 303 g/mol. The van der Waals surface area contributed by atoms with Crippen molar-refractivity contribution in [3.8, 4) is 0 Å². The lowest BCUT2D eigenvalue weighted by Gasteiger charge is -2.28. The molecule has 108 valence electrons. The van der Waals surface area contributed by atoms with Crippen LogP contribution < -0.4 is 5.73 Å². The average Bonchev–Trinajstić information content (AvgIpc) is 2.49. The van der Waals surface area contributed by atoms with Crippen LogP contribution in [0.15, 0.2) is 30.5 Å². The van der Waals surface area contributed by atoms with Gasteiger partial charge in [-0.25, -0.2) is 9.97 Å². The Balaban J connectivity index is 1.69. The van der Waals surface area contributed by atoms with Crippen molar-refractivity contribution in [3.63, 3.8) is 0 Å². The lowest BCUT2D eigenvalue weighted by molar-refractivity contribution is -0.131. The minimum atomic E-state index is 0.0970. The third-order valence-electron chi connectivity index (χ3n) is 3.57. The Bertz CT molecular complexity index is 672. The van der Waals surface area contributed by atoms with E-state index in [-0.39, 0.29) is 11.9 Å². The quantitative estimate of drug-likeness (QED) is 0.919. The minimum absolute atomic E-state index is 0.0970. The van der Waals surface area contributed by atoms with Gasteiger partial charge in [-0.2, -0.15) is 0 Å². The zero-order valence-electron chi connectivity index (χ0n) is 11.4. The van der Waals surface area contributed by atoms with Crippen LogP contribution in [0.5, 0.6) is 0 Å². The van der Waals surface area contributed by atoms with Crippen molar-refractivity contribution in [2.24, 2.45) is 0 Å². The predicted octanol–water partition coefficient (Wildman–Crippen LogP) is 1.84. The van der Waals surface area contributed by atoms with Gasteiger partial charge in [0.25, 0.3) is 0 Å². The van der Waals surface area contributed by atoms with Gasteiger partial charge < -0.3 is 10.6 Å². The van der Waals surface area contributed by atoms with Gasteiger partial charge in [0.15, 0.2) is 0 Å². The first-order chi connectivity index (χ1) is 10.1. The summed E-state index contributed by atoms with van der Waals surface area (Å²) in [6.07, 6.45) is 2.80. The van der Waals surface area contributed by atoms with Crippen LogP contribution in [0.1, 0.15) is 16.8 Å². The standard InChI is InChI=1S/C15H15ClN4O/c16-12-3-1-10(2-4-12)7-14(21)20-6-5-13-11(9-20)8-18-15(17)19-13/h1-4,8H,5-7,9H2,(H2,17,18,19). The number of rotatable bonds is 2. The third kappa shape index (κ3) is 3.13. The van der Waals surface area contributed by atoms with E-state index in [1.807, 2.05) is 17.0 Å². The van der Waals surface area contributed by atoms with E-state index in [1.54, 1.807) is 18.3 Å². The van der Waals surface area contributed by atoms with Gasteiger partial charge in [0.1, 0.15) is 0 Å². The summed E-state index contributed by atoms with van der Waals surface area (Å²) in [5.41, 5.74) is 8.45. The number of nitrogens with two attached hydrogens (primary N) is 1. The number of hydrogen-bond acceptors (Lipinski definition) is 4. The molecular formula is C15H15ClN4O. The van der Waals surface area contributed by atoms with Gasteiger partial charge in [-0.1, -0.05) is 23.7 Å². The zero-order chi connectivity index (χ0) is 14.8. The van der Waals surface area contributed by atoms with E-state index in [1.165, 1.54) is 0 Å². The predicted molar refractivity (Wildman–Crippen MR) is 80.7 cm³/mol. The molecule has 0 radical (unpaired) electrons. The maximum Gasteiger partial charge on any atom is 0.227 e. The Kier molecular flexibility index (Phi) is 3.75. The summed E-state index contributed by atoms with van der Waals surface area (Å²) in [6, 6.07) is 7.35. The van der Waals surface area contributed by atoms with Crippen LogP contribution in [-0.4, -0.2) is 27.3 Å². The van der Waals surface area contributed by atoms with E-state index < -0.39 is 0 Å². The maximum absolute atomic E-state index is 12.4. The molecule has 0 saturated heterocycles. The first kappa shape index (κ1) is 13.8. The van der Waals surface area contributed by atoms with Crippen molar-refractivity contribution in [3.05, 3.63) is 52.3 Å². The van der Waals surface area contributed by atoms with Crippen molar-refractivity contribution in [1.82, 2.24) is 14.9 Å². The lowest BCUT2D eigenvalue weighted by atomic mass is 10.1. The monoisotopic (exact) mass is 302 g/mol. The number of halogens is 1. The molecule has 1 aliphatic heterocycles. The summed E-state index contributed by atoms with van der Waals surface area (Å²) in [4.78, 5) is 22.4. The highest BCUT2D eigenvalue weighted by atomic mass is 35.5. The lowest BCUT2D eigenvalue weighted by Crippen LogP contribution is -2.37. The fraction of sp³-hybridized carbons (Fsp3) is 0.267. The Labute approximate surface area is 127 Å². The van der Waals surface area contributed by atoms with E-state index in [2.05, 4.69) is 9.97 Å². The molecule has 1 aromatic carbocycles. The Morgan fingerprint density at radius 2 is 2.10 bits per heavy atom. The molecule has 0 aliphatic carbocycles. The van der Waals surface area contributed by atoms with Gasteiger partial charge in [-0.05, 0) is 17.7 Å². The van der Waals surface area contributed by atoms with E-state index >= 15 is 0 Å². The Morgan fingerprint density at radius 1 is 1.33 bits per heavy atom. The van der Waals surface area contributed by atoms with Crippen molar-refractivity contribution in [2.75, 3.05) is 12.3 Å². The number of nitrogen functional groups attached to an aromatic ring is 1. The molecule has 0 bridgehead atoms. The molecule has 1 aromatic heterocycles. The van der Waals surface area contributed by atoms with Crippen LogP contribution in [0.3, 0.4) is 0 Å². The van der Waals surface area contributed by atoms with Crippen molar-refractivity contribution >= 4 is 23.5 Å². The first-order valence-electron chi connectivity index (χ1n) is 6.74. The molecular weight excluding hydrogens is 288 g/mol. The number of hydrogen-bond donors (Lipinski definition) is 1. The second-order valence-electron chi connectivity index (χ2n) is 5.07. The summed E-state index contributed by atoms with van der Waals surface area (Å²) >= 11 is 5.85. The number of carbonyl (C=O) groups excluding carboxylic acids is 1. The summed E-state index contributed by atoms with van der Waals surface area (Å²) in [6.45, 7) is 1.21. The number of aromatic nitrogens is 2. The molecule has 5 nitrogen and oxygen atoms in total. The largest absolute Gasteiger partial charge is 0.368 e. The van der Waals surface area contributed by atoms with E-state index in [9.17, 15) is 4.79 Å². The zero-order valence-corrected chi connectivity index (χ0v) is 12.2. The molecule has 1 amide bonds. The molecule has 3 rings (SSSR count). The van der Waals surface area contributed by atoms with Gasteiger partial charge in [0.05, 0.1) is 12.1 Å². The number of anilines is 1. The summed E-state index contributed by atoms with van der Waals surface area (Å²) < 4.78 is 0. The molecule has 0 fully saturated rings. The molecule has 2 N–H and O–H groups in total. The number of fused-ring (bicyclic) bond motifs is 1. The second-order valence-corrected chi connectivity index (χ2v) is 5.51. The summed E-state index contributed by atoms with van der Waals surface area (Å²) in [7, 11) is 0. The van der Waals surface area contributed by atoms with Crippen LogP contribution in [0.2, 0.25) is 5.02 Å². The third-order valence-corrected chi connectivity index (χ3v) is 3.83. The van der Waals surface area contributed by atoms with Gasteiger partial charge in [-0.3, -0.25) is 4.79 Å². The highest BCUT2D eigenvalue weighted by Gasteiger charge is 2.22. The summed E-state index contributed by atoms with van der Waals surface area (Å²) in [5, 5.41) is 0.674. The van der Waals surface area contributed by atoms with Gasteiger partial charge >= 0.3 is 0 Å². The van der Waals surface area contributed by atoms with Crippen LogP contribution in [0, 0.1) is 0 Å². The minimum Gasteiger partial charge on any atom is -0.368 e. The molecule has 21 heavy (non-hydrogen) atoms. The van der Waals surface area contributed by atoms with Crippen molar-refractivity contribution in [1.29, 1.82) is 0 Å². The molecule has 0 spiro atoms. The molecule has 0 saturated carbocycles. The molecule has 2 heterocycles. The van der Waals surface area contributed by atoms with E-state index in [0.717, 1.165) is 16.8 Å². The maximum atomic E-state index is 12.4.